The average molecular weight is 390 g/mol. The van der Waals surface area contributed by atoms with Crippen LogP contribution in [0.25, 0.3) is 0 Å². The Balaban J connectivity index is 2.17. The fraction of sp³-hybridized carbons (Fsp3) is 0.263. The lowest BCUT2D eigenvalue weighted by molar-refractivity contribution is -0.143. The second-order valence-corrected chi connectivity index (χ2v) is 7.15. The lowest BCUT2D eigenvalue weighted by atomic mass is 9.77. The van der Waals surface area contributed by atoms with Crippen LogP contribution in [0.4, 0.5) is 0 Å². The van der Waals surface area contributed by atoms with E-state index in [9.17, 15) is 14.7 Å². The van der Waals surface area contributed by atoms with E-state index in [-0.39, 0.29) is 12.3 Å². The van der Waals surface area contributed by atoms with Gasteiger partial charge in [0, 0.05) is 9.89 Å². The van der Waals surface area contributed by atoms with Crippen molar-refractivity contribution in [1.82, 2.24) is 5.32 Å². The fourth-order valence-electron chi connectivity index (χ4n) is 2.59. The minimum absolute atomic E-state index is 0.154. The summed E-state index contributed by atoms with van der Waals surface area (Å²) in [5, 5.41) is 12.3. The number of hydrogen-bond acceptors (Lipinski definition) is 2. The predicted octanol–water partition coefficient (Wildman–Crippen LogP) is 3.54. The lowest BCUT2D eigenvalue weighted by Crippen LogP contribution is -2.52. The number of carboxylic acid groups (broad SMARTS) is 1. The van der Waals surface area contributed by atoms with Gasteiger partial charge < -0.3 is 10.4 Å². The Morgan fingerprint density at radius 3 is 2.21 bits per heavy atom. The predicted molar refractivity (Wildman–Crippen MR) is 96.9 cm³/mol. The van der Waals surface area contributed by atoms with Crippen LogP contribution >= 0.6 is 15.9 Å². The number of benzene rings is 2. The number of carbonyl (C=O) groups is 2. The fourth-order valence-corrected chi connectivity index (χ4v) is 2.85. The van der Waals surface area contributed by atoms with Crippen LogP contribution in [0.1, 0.15) is 25.0 Å². The van der Waals surface area contributed by atoms with Crippen molar-refractivity contribution in [2.24, 2.45) is 0 Å². The third kappa shape index (κ3) is 4.45. The summed E-state index contributed by atoms with van der Waals surface area (Å²) in [6.07, 6.45) is 0.154. The molecule has 0 saturated carbocycles. The first-order chi connectivity index (χ1) is 11.3. The lowest BCUT2D eigenvalue weighted by Gasteiger charge is -2.32. The number of carbonyl (C=O) groups excluding carboxylic acids is 1. The summed E-state index contributed by atoms with van der Waals surface area (Å²) >= 11 is 3.37. The Bertz CT molecular complexity index is 711. The molecule has 126 valence electrons. The maximum absolute atomic E-state index is 12.3. The summed E-state index contributed by atoms with van der Waals surface area (Å²) < 4.78 is 0.919. The van der Waals surface area contributed by atoms with E-state index in [1.807, 2.05) is 68.4 Å². The van der Waals surface area contributed by atoms with Crippen LogP contribution in [-0.2, 0) is 21.4 Å². The van der Waals surface area contributed by atoms with Gasteiger partial charge in [-0.05, 0) is 23.3 Å². The van der Waals surface area contributed by atoms with Gasteiger partial charge in [-0.1, -0.05) is 72.2 Å². The monoisotopic (exact) mass is 389 g/mol. The molecule has 0 aliphatic heterocycles. The number of amides is 1. The average Bonchev–Trinajstić information content (AvgIpc) is 2.53. The normalized spacial score (nSPS) is 12.5. The number of halogens is 1. The molecule has 0 fully saturated rings. The van der Waals surface area contributed by atoms with E-state index in [0.29, 0.717) is 0 Å². The standard InChI is InChI=1S/C19H20BrNO3/c1-19(2,14-8-10-15(20)11-9-14)17(18(23)24)21-16(22)12-13-6-4-3-5-7-13/h3-11,17H,12H2,1-2H3,(H,21,22)(H,23,24). The van der Waals surface area contributed by atoms with Gasteiger partial charge in [0.05, 0.1) is 6.42 Å². The van der Waals surface area contributed by atoms with E-state index < -0.39 is 17.4 Å². The summed E-state index contributed by atoms with van der Waals surface area (Å²) in [4.78, 5) is 24.0. The molecular weight excluding hydrogens is 370 g/mol. The molecule has 0 aliphatic carbocycles. The maximum atomic E-state index is 12.3. The second kappa shape index (κ2) is 7.62. The molecular formula is C19H20BrNO3. The quantitative estimate of drug-likeness (QED) is 0.793. The zero-order valence-corrected chi connectivity index (χ0v) is 15.2. The summed E-state index contributed by atoms with van der Waals surface area (Å²) in [6.45, 7) is 3.63. The molecule has 0 heterocycles. The van der Waals surface area contributed by atoms with Crippen LogP contribution in [0.5, 0.6) is 0 Å². The van der Waals surface area contributed by atoms with Crippen molar-refractivity contribution in [3.8, 4) is 0 Å². The van der Waals surface area contributed by atoms with Crippen molar-refractivity contribution < 1.29 is 14.7 Å². The van der Waals surface area contributed by atoms with Gasteiger partial charge in [0.15, 0.2) is 0 Å². The van der Waals surface area contributed by atoms with Crippen molar-refractivity contribution >= 4 is 27.8 Å². The van der Waals surface area contributed by atoms with Gasteiger partial charge in [0.25, 0.3) is 0 Å². The molecule has 2 aromatic rings. The van der Waals surface area contributed by atoms with E-state index in [4.69, 9.17) is 0 Å². The smallest absolute Gasteiger partial charge is 0.327 e. The number of aliphatic carboxylic acids is 1. The molecule has 4 nitrogen and oxygen atoms in total. The molecule has 1 amide bonds. The minimum Gasteiger partial charge on any atom is -0.480 e. The van der Waals surface area contributed by atoms with Crippen LogP contribution in [0, 0.1) is 0 Å². The van der Waals surface area contributed by atoms with Crippen molar-refractivity contribution in [3.63, 3.8) is 0 Å². The van der Waals surface area contributed by atoms with E-state index >= 15 is 0 Å². The van der Waals surface area contributed by atoms with Gasteiger partial charge in [0.1, 0.15) is 6.04 Å². The minimum atomic E-state index is -1.05. The Hall–Kier alpha value is -2.14. The molecule has 0 spiro atoms. The topological polar surface area (TPSA) is 66.4 Å². The molecule has 0 aromatic heterocycles. The SMILES string of the molecule is CC(C)(c1ccc(Br)cc1)C(NC(=O)Cc1ccccc1)C(=O)O. The van der Waals surface area contributed by atoms with E-state index in [0.717, 1.165) is 15.6 Å². The van der Waals surface area contributed by atoms with Crippen LogP contribution in [0.3, 0.4) is 0 Å². The third-order valence-corrected chi connectivity index (χ3v) is 4.60. The van der Waals surface area contributed by atoms with Crippen LogP contribution < -0.4 is 5.32 Å². The summed E-state index contributed by atoms with van der Waals surface area (Å²) in [5.74, 6) is -1.36. The number of hydrogen-bond donors (Lipinski definition) is 2. The molecule has 2 N–H and O–H groups in total. The highest BCUT2D eigenvalue weighted by molar-refractivity contribution is 9.10. The number of rotatable bonds is 6. The first kappa shape index (κ1) is 18.2. The highest BCUT2D eigenvalue weighted by Crippen LogP contribution is 2.28. The highest BCUT2D eigenvalue weighted by atomic mass is 79.9. The molecule has 1 atom stereocenters. The van der Waals surface area contributed by atoms with Gasteiger partial charge in [-0.2, -0.15) is 0 Å². The molecule has 0 aliphatic rings. The van der Waals surface area contributed by atoms with E-state index in [1.54, 1.807) is 0 Å². The third-order valence-electron chi connectivity index (χ3n) is 4.07. The van der Waals surface area contributed by atoms with E-state index in [1.165, 1.54) is 0 Å². The zero-order valence-electron chi connectivity index (χ0n) is 13.6. The highest BCUT2D eigenvalue weighted by Gasteiger charge is 2.37. The van der Waals surface area contributed by atoms with Crippen LogP contribution in [-0.4, -0.2) is 23.0 Å². The van der Waals surface area contributed by atoms with Gasteiger partial charge in [0.2, 0.25) is 5.91 Å². The summed E-state index contributed by atoms with van der Waals surface area (Å²) in [7, 11) is 0. The summed E-state index contributed by atoms with van der Waals surface area (Å²) in [6, 6.07) is 15.7. The molecule has 24 heavy (non-hydrogen) atoms. The zero-order chi connectivity index (χ0) is 17.7. The Kier molecular flexibility index (Phi) is 5.78. The summed E-state index contributed by atoms with van der Waals surface area (Å²) in [5.41, 5.74) is 0.942. The molecule has 0 bridgehead atoms. The van der Waals surface area contributed by atoms with Crippen LogP contribution in [0.15, 0.2) is 59.1 Å². The Labute approximate surface area is 150 Å². The number of carboxylic acids is 1. The van der Waals surface area contributed by atoms with Gasteiger partial charge in [-0.3, -0.25) is 4.79 Å². The van der Waals surface area contributed by atoms with Gasteiger partial charge in [-0.15, -0.1) is 0 Å². The molecule has 2 aromatic carbocycles. The molecule has 0 radical (unpaired) electrons. The van der Waals surface area contributed by atoms with Crippen molar-refractivity contribution in [2.75, 3.05) is 0 Å². The largest absolute Gasteiger partial charge is 0.480 e. The second-order valence-electron chi connectivity index (χ2n) is 6.23. The van der Waals surface area contributed by atoms with Crippen molar-refractivity contribution in [1.29, 1.82) is 0 Å². The van der Waals surface area contributed by atoms with Gasteiger partial charge in [-0.25, -0.2) is 4.79 Å². The van der Waals surface area contributed by atoms with Crippen molar-refractivity contribution in [3.05, 3.63) is 70.2 Å². The van der Waals surface area contributed by atoms with Crippen molar-refractivity contribution in [2.45, 2.75) is 31.7 Å². The number of nitrogens with one attached hydrogen (secondary N) is 1. The van der Waals surface area contributed by atoms with Gasteiger partial charge >= 0.3 is 5.97 Å². The molecule has 0 saturated heterocycles. The molecule has 5 heteroatoms. The first-order valence-electron chi connectivity index (χ1n) is 7.63. The Morgan fingerprint density at radius 1 is 1.08 bits per heavy atom. The molecule has 1 unspecified atom stereocenters. The maximum Gasteiger partial charge on any atom is 0.327 e. The Morgan fingerprint density at radius 2 is 1.67 bits per heavy atom. The first-order valence-corrected chi connectivity index (χ1v) is 8.42. The van der Waals surface area contributed by atoms with E-state index in [2.05, 4.69) is 21.2 Å². The van der Waals surface area contributed by atoms with Crippen LogP contribution in [0.2, 0.25) is 0 Å². The molecule has 2 rings (SSSR count).